The number of carbonyl (C=O) groups excluding carboxylic acids is 1. The molecule has 1 rings (SSSR count). The van der Waals surface area contributed by atoms with E-state index >= 15 is 0 Å². The van der Waals surface area contributed by atoms with Gasteiger partial charge in [0.1, 0.15) is 5.75 Å². The molecule has 0 atom stereocenters. The van der Waals surface area contributed by atoms with E-state index in [1.54, 1.807) is 13.3 Å². The maximum atomic E-state index is 11.6. The van der Waals surface area contributed by atoms with E-state index in [0.717, 1.165) is 24.2 Å². The molecule has 0 saturated heterocycles. The molecule has 1 N–H and O–H groups in total. The van der Waals surface area contributed by atoms with Gasteiger partial charge in [-0.15, -0.1) is 0 Å². The molecule has 1 aromatic rings. The summed E-state index contributed by atoms with van der Waals surface area (Å²) in [5.41, 5.74) is 3.50. The summed E-state index contributed by atoms with van der Waals surface area (Å²) in [4.78, 5) is 11.6. The summed E-state index contributed by atoms with van der Waals surface area (Å²) in [6.07, 6.45) is 10.7. The number of hydrogen-bond donors (Lipinski definition) is 1. The van der Waals surface area contributed by atoms with E-state index in [0.29, 0.717) is 6.42 Å². The van der Waals surface area contributed by atoms with Crippen LogP contribution in [0.25, 0.3) is 0 Å². The van der Waals surface area contributed by atoms with Crippen LogP contribution in [0.1, 0.15) is 63.9 Å². The van der Waals surface area contributed by atoms with Gasteiger partial charge >= 0.3 is 0 Å². The van der Waals surface area contributed by atoms with Gasteiger partial charge < -0.3 is 4.74 Å². The summed E-state index contributed by atoms with van der Waals surface area (Å²) in [6.45, 7) is 2.22. The van der Waals surface area contributed by atoms with Crippen molar-refractivity contribution in [3.05, 3.63) is 29.8 Å². The van der Waals surface area contributed by atoms with Gasteiger partial charge in [-0.2, -0.15) is 5.10 Å². The fraction of sp³-hybridized carbons (Fsp3) is 0.556. The quantitative estimate of drug-likeness (QED) is 0.377. The van der Waals surface area contributed by atoms with Crippen LogP contribution in [-0.4, -0.2) is 19.2 Å². The van der Waals surface area contributed by atoms with Crippen LogP contribution in [0, 0.1) is 0 Å². The SMILES string of the molecule is CCCCCCCCCC(=O)NN=Cc1ccc(OC)cc1. The number of nitrogens with zero attached hydrogens (tertiary/aromatic N) is 1. The molecule has 0 bridgehead atoms. The molecular formula is C18H28N2O2. The third kappa shape index (κ3) is 8.45. The minimum Gasteiger partial charge on any atom is -0.497 e. The van der Waals surface area contributed by atoms with Gasteiger partial charge in [-0.25, -0.2) is 5.43 Å². The van der Waals surface area contributed by atoms with Crippen molar-refractivity contribution in [3.8, 4) is 5.75 Å². The monoisotopic (exact) mass is 304 g/mol. The molecule has 0 unspecified atom stereocenters. The van der Waals surface area contributed by atoms with Crippen LogP contribution in [-0.2, 0) is 4.79 Å². The molecule has 1 amide bonds. The van der Waals surface area contributed by atoms with E-state index in [1.165, 1.54) is 32.1 Å². The van der Waals surface area contributed by atoms with Gasteiger partial charge in [0.25, 0.3) is 0 Å². The summed E-state index contributed by atoms with van der Waals surface area (Å²) in [5, 5.41) is 3.97. The van der Waals surface area contributed by atoms with E-state index in [1.807, 2.05) is 24.3 Å². The minimum absolute atomic E-state index is 0.0154. The van der Waals surface area contributed by atoms with Gasteiger partial charge in [0, 0.05) is 6.42 Å². The average Bonchev–Trinajstić information content (AvgIpc) is 2.54. The second kappa shape index (κ2) is 11.8. The molecule has 4 nitrogen and oxygen atoms in total. The normalized spacial score (nSPS) is 10.8. The third-order valence-electron chi connectivity index (χ3n) is 3.53. The molecule has 0 spiro atoms. The summed E-state index contributed by atoms with van der Waals surface area (Å²) < 4.78 is 5.08. The lowest BCUT2D eigenvalue weighted by molar-refractivity contribution is -0.121. The highest BCUT2D eigenvalue weighted by atomic mass is 16.5. The van der Waals surface area contributed by atoms with E-state index in [-0.39, 0.29) is 5.91 Å². The lowest BCUT2D eigenvalue weighted by atomic mass is 10.1. The fourth-order valence-corrected chi connectivity index (χ4v) is 2.17. The van der Waals surface area contributed by atoms with E-state index in [9.17, 15) is 4.79 Å². The zero-order valence-corrected chi connectivity index (χ0v) is 13.8. The highest BCUT2D eigenvalue weighted by Crippen LogP contribution is 2.10. The molecule has 1 aromatic carbocycles. The van der Waals surface area contributed by atoms with Crippen molar-refractivity contribution in [3.63, 3.8) is 0 Å². The van der Waals surface area contributed by atoms with Gasteiger partial charge in [-0.3, -0.25) is 4.79 Å². The molecule has 122 valence electrons. The average molecular weight is 304 g/mol. The first-order valence-corrected chi connectivity index (χ1v) is 8.22. The number of amides is 1. The lowest BCUT2D eigenvalue weighted by Crippen LogP contribution is -2.16. The van der Waals surface area contributed by atoms with Gasteiger partial charge in [0.15, 0.2) is 0 Å². The van der Waals surface area contributed by atoms with Crippen LogP contribution in [0.3, 0.4) is 0 Å². The smallest absolute Gasteiger partial charge is 0.240 e. The topological polar surface area (TPSA) is 50.7 Å². The molecule has 22 heavy (non-hydrogen) atoms. The molecule has 0 fully saturated rings. The second-order valence-electron chi connectivity index (χ2n) is 5.44. The predicted octanol–water partition coefficient (Wildman–Crippen LogP) is 4.29. The maximum Gasteiger partial charge on any atom is 0.240 e. The molecule has 0 saturated carbocycles. The number of ether oxygens (including phenoxy) is 1. The van der Waals surface area contributed by atoms with Crippen LogP contribution in [0.2, 0.25) is 0 Å². The Hall–Kier alpha value is -1.84. The van der Waals surface area contributed by atoms with E-state index < -0.39 is 0 Å². The number of unbranched alkanes of at least 4 members (excludes halogenated alkanes) is 6. The van der Waals surface area contributed by atoms with Crippen molar-refractivity contribution in [2.45, 2.75) is 58.3 Å². The Morgan fingerprint density at radius 3 is 2.36 bits per heavy atom. The second-order valence-corrected chi connectivity index (χ2v) is 5.44. The van der Waals surface area contributed by atoms with Crippen LogP contribution >= 0.6 is 0 Å². The Balaban J connectivity index is 2.10. The van der Waals surface area contributed by atoms with Crippen LogP contribution in [0.5, 0.6) is 5.75 Å². The van der Waals surface area contributed by atoms with Gasteiger partial charge in [-0.05, 0) is 36.2 Å². The molecule has 0 radical (unpaired) electrons. The number of hydrazone groups is 1. The first-order chi connectivity index (χ1) is 10.8. The van der Waals surface area contributed by atoms with Crippen molar-refractivity contribution >= 4 is 12.1 Å². The summed E-state index contributed by atoms with van der Waals surface area (Å²) in [5.74, 6) is 0.790. The number of hydrogen-bond acceptors (Lipinski definition) is 3. The number of carbonyl (C=O) groups is 1. The molecule has 0 aromatic heterocycles. The zero-order valence-electron chi connectivity index (χ0n) is 13.8. The first kappa shape index (κ1) is 18.2. The maximum absolute atomic E-state index is 11.6. The number of nitrogens with one attached hydrogen (secondary N) is 1. The Morgan fingerprint density at radius 2 is 1.73 bits per heavy atom. The Labute approximate surface area is 134 Å². The van der Waals surface area contributed by atoms with Gasteiger partial charge in [-0.1, -0.05) is 45.4 Å². The molecule has 0 heterocycles. The summed E-state index contributed by atoms with van der Waals surface area (Å²) in [6, 6.07) is 7.51. The van der Waals surface area contributed by atoms with Crippen LogP contribution < -0.4 is 10.2 Å². The van der Waals surface area contributed by atoms with E-state index in [4.69, 9.17) is 4.74 Å². The predicted molar refractivity (Wildman–Crippen MR) is 91.3 cm³/mol. The Bertz CT molecular complexity index is 441. The molecule has 0 aliphatic carbocycles. The largest absolute Gasteiger partial charge is 0.497 e. The molecule has 0 aliphatic heterocycles. The number of methoxy groups -OCH3 is 1. The molecular weight excluding hydrogens is 276 g/mol. The first-order valence-electron chi connectivity index (χ1n) is 8.22. The Morgan fingerprint density at radius 1 is 1.09 bits per heavy atom. The zero-order chi connectivity index (χ0) is 16.0. The van der Waals surface area contributed by atoms with Crippen molar-refractivity contribution in [1.29, 1.82) is 0 Å². The molecule has 4 heteroatoms. The van der Waals surface area contributed by atoms with Crippen molar-refractivity contribution in [1.82, 2.24) is 5.43 Å². The van der Waals surface area contributed by atoms with Gasteiger partial charge in [0.05, 0.1) is 13.3 Å². The summed E-state index contributed by atoms with van der Waals surface area (Å²) >= 11 is 0. The highest BCUT2D eigenvalue weighted by molar-refractivity contribution is 5.82. The standard InChI is InChI=1S/C18H28N2O2/c1-3-4-5-6-7-8-9-10-18(21)20-19-15-16-11-13-17(22-2)14-12-16/h11-15H,3-10H2,1-2H3,(H,20,21). The third-order valence-corrected chi connectivity index (χ3v) is 3.53. The van der Waals surface area contributed by atoms with Crippen molar-refractivity contribution in [2.24, 2.45) is 5.10 Å². The van der Waals surface area contributed by atoms with Gasteiger partial charge in [0.2, 0.25) is 5.91 Å². The van der Waals surface area contributed by atoms with Crippen LogP contribution in [0.4, 0.5) is 0 Å². The molecule has 0 aliphatic rings. The minimum atomic E-state index is -0.0154. The fourth-order valence-electron chi connectivity index (χ4n) is 2.17. The number of benzene rings is 1. The van der Waals surface area contributed by atoms with E-state index in [2.05, 4.69) is 17.5 Å². The van der Waals surface area contributed by atoms with Crippen molar-refractivity contribution < 1.29 is 9.53 Å². The Kier molecular flexibility index (Phi) is 9.75. The highest BCUT2D eigenvalue weighted by Gasteiger charge is 1.99. The summed E-state index contributed by atoms with van der Waals surface area (Å²) in [7, 11) is 1.63. The van der Waals surface area contributed by atoms with Crippen molar-refractivity contribution in [2.75, 3.05) is 7.11 Å². The van der Waals surface area contributed by atoms with Crippen LogP contribution in [0.15, 0.2) is 29.4 Å². The lowest BCUT2D eigenvalue weighted by Gasteiger charge is -2.01. The number of rotatable bonds is 11.